The summed E-state index contributed by atoms with van der Waals surface area (Å²) in [6, 6.07) is 11.2. The van der Waals surface area contributed by atoms with E-state index in [0.29, 0.717) is 35.7 Å². The van der Waals surface area contributed by atoms with E-state index in [1.807, 2.05) is 26.0 Å². The van der Waals surface area contributed by atoms with Crippen molar-refractivity contribution in [1.82, 2.24) is 5.32 Å². The van der Waals surface area contributed by atoms with Gasteiger partial charge in [0, 0.05) is 17.8 Å². The van der Waals surface area contributed by atoms with Gasteiger partial charge in [0.25, 0.3) is 15.9 Å². The van der Waals surface area contributed by atoms with Gasteiger partial charge in [0.2, 0.25) is 0 Å². The molecule has 0 heterocycles. The van der Waals surface area contributed by atoms with Crippen molar-refractivity contribution in [3.8, 4) is 5.75 Å². The lowest BCUT2D eigenvalue weighted by molar-refractivity contribution is 0.0953. The fourth-order valence-corrected chi connectivity index (χ4v) is 3.63. The minimum Gasteiger partial charge on any atom is -0.494 e. The first-order valence-corrected chi connectivity index (χ1v) is 10.6. The zero-order valence-corrected chi connectivity index (χ0v) is 17.2. The molecule has 0 aromatic heterocycles. The van der Waals surface area contributed by atoms with Crippen molar-refractivity contribution >= 4 is 21.6 Å². The van der Waals surface area contributed by atoms with Crippen LogP contribution in [0.2, 0.25) is 0 Å². The second kappa shape index (κ2) is 9.94. The van der Waals surface area contributed by atoms with E-state index in [2.05, 4.69) is 10.0 Å². The topological polar surface area (TPSA) is 84.5 Å². The Labute approximate surface area is 166 Å². The molecule has 0 saturated heterocycles. The summed E-state index contributed by atoms with van der Waals surface area (Å²) in [6.45, 7) is 6.59. The molecule has 0 saturated carbocycles. The Bertz CT molecular complexity index is 935. The molecule has 6 nitrogen and oxygen atoms in total. The van der Waals surface area contributed by atoms with Crippen LogP contribution in [0.25, 0.3) is 0 Å². The maximum Gasteiger partial charge on any atom is 0.261 e. The lowest BCUT2D eigenvalue weighted by Gasteiger charge is -2.12. The second-order valence-corrected chi connectivity index (χ2v) is 7.84. The Kier molecular flexibility index (Phi) is 7.63. The standard InChI is InChI=1S/C21H26N2O4S/c1-4-6-7-14-22-21(24)20-15-19(13-8-16(20)3)28(25,26)23-17-9-11-18(12-10-17)27-5-2/h4,6,8-13,15,23H,5,7,14H2,1-3H3,(H,22,24)/b6-4+. The van der Waals surface area contributed by atoms with Gasteiger partial charge in [-0.15, -0.1) is 0 Å². The molecule has 0 spiro atoms. The van der Waals surface area contributed by atoms with Crippen molar-refractivity contribution in [3.63, 3.8) is 0 Å². The number of carbonyl (C=O) groups is 1. The highest BCUT2D eigenvalue weighted by Gasteiger charge is 2.18. The van der Waals surface area contributed by atoms with Crippen LogP contribution in [0.5, 0.6) is 5.75 Å². The van der Waals surface area contributed by atoms with Crippen molar-refractivity contribution < 1.29 is 17.9 Å². The maximum atomic E-state index is 12.7. The largest absolute Gasteiger partial charge is 0.494 e. The number of anilines is 1. The highest BCUT2D eigenvalue weighted by atomic mass is 32.2. The van der Waals surface area contributed by atoms with Crippen molar-refractivity contribution in [3.05, 3.63) is 65.7 Å². The molecule has 28 heavy (non-hydrogen) atoms. The van der Waals surface area contributed by atoms with E-state index in [1.54, 1.807) is 37.3 Å². The van der Waals surface area contributed by atoms with Crippen LogP contribution in [0.4, 0.5) is 5.69 Å². The summed E-state index contributed by atoms with van der Waals surface area (Å²) >= 11 is 0. The quantitative estimate of drug-likeness (QED) is 0.492. The van der Waals surface area contributed by atoms with E-state index in [-0.39, 0.29) is 10.8 Å². The molecule has 2 aromatic rings. The molecule has 0 unspecified atom stereocenters. The molecule has 2 aromatic carbocycles. The first-order valence-electron chi connectivity index (χ1n) is 9.13. The number of aryl methyl sites for hydroxylation is 1. The van der Waals surface area contributed by atoms with Crippen LogP contribution in [-0.4, -0.2) is 27.5 Å². The van der Waals surface area contributed by atoms with Gasteiger partial charge in [0.05, 0.1) is 11.5 Å². The van der Waals surface area contributed by atoms with Crippen molar-refractivity contribution in [2.75, 3.05) is 17.9 Å². The van der Waals surface area contributed by atoms with Gasteiger partial charge in [-0.25, -0.2) is 8.42 Å². The molecule has 150 valence electrons. The molecule has 0 aliphatic carbocycles. The maximum absolute atomic E-state index is 12.7. The number of sulfonamides is 1. The van der Waals surface area contributed by atoms with Gasteiger partial charge in [0.1, 0.15) is 5.75 Å². The first-order chi connectivity index (χ1) is 13.4. The normalized spacial score (nSPS) is 11.4. The van der Waals surface area contributed by atoms with Gasteiger partial charge < -0.3 is 10.1 Å². The Morgan fingerprint density at radius 3 is 2.50 bits per heavy atom. The molecular weight excluding hydrogens is 376 g/mol. The van der Waals surface area contributed by atoms with Gasteiger partial charge in [-0.1, -0.05) is 18.2 Å². The third-order valence-corrected chi connectivity index (χ3v) is 5.39. The zero-order valence-electron chi connectivity index (χ0n) is 16.4. The first kappa shape index (κ1) is 21.5. The van der Waals surface area contributed by atoms with Crippen LogP contribution >= 0.6 is 0 Å². The molecular formula is C21H26N2O4S. The van der Waals surface area contributed by atoms with Gasteiger partial charge in [-0.05, 0) is 69.2 Å². The average Bonchev–Trinajstić information content (AvgIpc) is 2.67. The number of carbonyl (C=O) groups excluding carboxylic acids is 1. The van der Waals surface area contributed by atoms with Crippen LogP contribution in [0.1, 0.15) is 36.2 Å². The number of rotatable bonds is 9. The molecule has 7 heteroatoms. The third-order valence-electron chi connectivity index (χ3n) is 4.01. The summed E-state index contributed by atoms with van der Waals surface area (Å²) in [5.74, 6) is 0.373. The van der Waals surface area contributed by atoms with Crippen LogP contribution < -0.4 is 14.8 Å². The number of amides is 1. The van der Waals surface area contributed by atoms with Gasteiger partial charge >= 0.3 is 0 Å². The summed E-state index contributed by atoms with van der Waals surface area (Å²) in [5.41, 5.74) is 1.47. The minimum absolute atomic E-state index is 0.0330. The second-order valence-electron chi connectivity index (χ2n) is 6.15. The lowest BCUT2D eigenvalue weighted by atomic mass is 10.1. The minimum atomic E-state index is -3.82. The summed E-state index contributed by atoms with van der Waals surface area (Å²) in [6.07, 6.45) is 4.59. The Hall–Kier alpha value is -2.80. The Morgan fingerprint density at radius 1 is 1.14 bits per heavy atom. The molecule has 0 aliphatic heterocycles. The summed E-state index contributed by atoms with van der Waals surface area (Å²) in [4.78, 5) is 12.4. The molecule has 0 bridgehead atoms. The van der Waals surface area contributed by atoms with Gasteiger partial charge in [-0.2, -0.15) is 0 Å². The Balaban J connectivity index is 2.17. The number of ether oxygens (including phenoxy) is 1. The lowest BCUT2D eigenvalue weighted by Crippen LogP contribution is -2.25. The fourth-order valence-electron chi connectivity index (χ4n) is 2.54. The molecule has 0 atom stereocenters. The average molecular weight is 403 g/mol. The summed E-state index contributed by atoms with van der Waals surface area (Å²) in [5, 5.41) is 2.80. The predicted octanol–water partition coefficient (Wildman–Crippen LogP) is 3.89. The van der Waals surface area contributed by atoms with E-state index in [0.717, 1.165) is 6.42 Å². The van der Waals surface area contributed by atoms with E-state index >= 15 is 0 Å². The van der Waals surface area contributed by atoms with E-state index in [4.69, 9.17) is 4.74 Å². The van der Waals surface area contributed by atoms with Crippen LogP contribution in [0.15, 0.2) is 59.5 Å². The van der Waals surface area contributed by atoms with Crippen molar-refractivity contribution in [1.29, 1.82) is 0 Å². The number of allylic oxidation sites excluding steroid dienone is 1. The third kappa shape index (κ3) is 5.85. The number of hydrogen-bond donors (Lipinski definition) is 2. The Morgan fingerprint density at radius 2 is 1.86 bits per heavy atom. The zero-order chi connectivity index (χ0) is 20.6. The molecule has 0 radical (unpaired) electrons. The molecule has 2 N–H and O–H groups in total. The van der Waals surface area contributed by atoms with E-state index in [1.165, 1.54) is 12.1 Å². The highest BCUT2D eigenvalue weighted by molar-refractivity contribution is 7.92. The fraction of sp³-hybridized carbons (Fsp3) is 0.286. The number of benzene rings is 2. The predicted molar refractivity (Wildman–Crippen MR) is 111 cm³/mol. The van der Waals surface area contributed by atoms with E-state index < -0.39 is 10.0 Å². The van der Waals surface area contributed by atoms with Crippen LogP contribution in [0, 0.1) is 6.92 Å². The highest BCUT2D eigenvalue weighted by Crippen LogP contribution is 2.21. The molecule has 0 fully saturated rings. The monoisotopic (exact) mass is 402 g/mol. The number of hydrogen-bond acceptors (Lipinski definition) is 4. The van der Waals surface area contributed by atoms with Crippen molar-refractivity contribution in [2.45, 2.75) is 32.1 Å². The molecule has 1 amide bonds. The summed E-state index contributed by atoms with van der Waals surface area (Å²) in [7, 11) is -3.82. The summed E-state index contributed by atoms with van der Waals surface area (Å²) < 4.78 is 33.3. The molecule has 2 rings (SSSR count). The number of nitrogens with one attached hydrogen (secondary N) is 2. The molecule has 0 aliphatic rings. The van der Waals surface area contributed by atoms with Crippen LogP contribution in [-0.2, 0) is 10.0 Å². The van der Waals surface area contributed by atoms with Gasteiger partial charge in [0.15, 0.2) is 0 Å². The smallest absolute Gasteiger partial charge is 0.261 e. The SMILES string of the molecule is C/C=C/CCNC(=O)c1cc(S(=O)(=O)Nc2ccc(OCC)cc2)ccc1C. The van der Waals surface area contributed by atoms with Crippen molar-refractivity contribution in [2.24, 2.45) is 0 Å². The van der Waals surface area contributed by atoms with E-state index in [9.17, 15) is 13.2 Å². The van der Waals surface area contributed by atoms with Crippen LogP contribution in [0.3, 0.4) is 0 Å². The van der Waals surface area contributed by atoms with Gasteiger partial charge in [-0.3, -0.25) is 9.52 Å².